The highest BCUT2D eigenvalue weighted by Crippen LogP contribution is 2.24. The Morgan fingerprint density at radius 2 is 1.21 bits per heavy atom. The third-order valence-electron chi connectivity index (χ3n) is 4.28. The van der Waals surface area contributed by atoms with E-state index >= 15 is 0 Å². The Hall–Kier alpha value is -3.09. The summed E-state index contributed by atoms with van der Waals surface area (Å²) in [6.07, 6.45) is 6.92. The molecule has 0 unspecified atom stereocenters. The molecule has 0 saturated heterocycles. The van der Waals surface area contributed by atoms with Crippen molar-refractivity contribution in [2.24, 2.45) is 0 Å². The van der Waals surface area contributed by atoms with Crippen LogP contribution < -0.4 is 14.9 Å². The number of hydrogen-bond donors (Lipinski definition) is 2. The largest absolute Gasteiger partial charge is 0.494 e. The van der Waals surface area contributed by atoms with Gasteiger partial charge in [-0.2, -0.15) is 0 Å². The van der Waals surface area contributed by atoms with Crippen LogP contribution in [-0.4, -0.2) is 41.4 Å². The van der Waals surface area contributed by atoms with Crippen LogP contribution in [0.3, 0.4) is 0 Å². The molecule has 0 aliphatic carbocycles. The molecule has 0 spiro atoms. The molecule has 0 aliphatic heterocycles. The van der Waals surface area contributed by atoms with E-state index in [9.17, 15) is 8.78 Å². The Morgan fingerprint density at radius 3 is 1.62 bits per heavy atom. The first-order valence-corrected chi connectivity index (χ1v) is 10.9. The zero-order valence-corrected chi connectivity index (χ0v) is 20.6. The first-order valence-electron chi connectivity index (χ1n) is 9.84. The highest BCUT2D eigenvalue weighted by Gasteiger charge is 2.13. The third-order valence-corrected chi connectivity index (χ3v) is 5.00. The highest BCUT2D eigenvalue weighted by molar-refractivity contribution is 14.1. The lowest BCUT2D eigenvalue weighted by molar-refractivity contribution is 0.386. The van der Waals surface area contributed by atoms with Gasteiger partial charge in [-0.15, -0.1) is 0 Å². The number of hydrogen-bond acceptors (Lipinski definition) is 6. The molecule has 0 atom stereocenters. The van der Waals surface area contributed by atoms with Crippen molar-refractivity contribution >= 4 is 35.2 Å². The lowest BCUT2D eigenvalue weighted by Crippen LogP contribution is -2.29. The van der Waals surface area contributed by atoms with E-state index in [2.05, 4.69) is 37.3 Å². The Kier molecular flexibility index (Phi) is 11.4. The van der Waals surface area contributed by atoms with Crippen molar-refractivity contribution < 1.29 is 28.3 Å². The second-order valence-corrected chi connectivity index (χ2v) is 7.76. The van der Waals surface area contributed by atoms with Crippen LogP contribution in [0.25, 0.3) is 11.1 Å². The fraction of sp³-hybridized carbons (Fsp3) is 0.0833. The Bertz CT molecular complexity index is 1160. The first kappa shape index (κ1) is 27.2. The minimum absolute atomic E-state index is 0.0828. The van der Waals surface area contributed by atoms with Gasteiger partial charge in [-0.1, -0.05) is 12.1 Å². The van der Waals surface area contributed by atoms with Crippen molar-refractivity contribution in [1.82, 2.24) is 9.97 Å². The van der Waals surface area contributed by atoms with Gasteiger partial charge in [0.15, 0.2) is 23.1 Å². The summed E-state index contributed by atoms with van der Waals surface area (Å²) in [5, 5.41) is 17.3. The molecule has 6 nitrogen and oxygen atoms in total. The third kappa shape index (κ3) is 8.69. The average Bonchev–Trinajstić information content (AvgIpc) is 2.85. The van der Waals surface area contributed by atoms with Crippen molar-refractivity contribution in [1.29, 1.82) is 0 Å². The molecule has 0 radical (unpaired) electrons. The molecule has 0 aliphatic rings. The van der Waals surface area contributed by atoms with E-state index in [4.69, 9.17) is 14.8 Å². The molecular formula is C24H22BF2IN2O4. The van der Waals surface area contributed by atoms with Gasteiger partial charge in [-0.05, 0) is 87.7 Å². The Morgan fingerprint density at radius 1 is 0.706 bits per heavy atom. The van der Waals surface area contributed by atoms with Crippen molar-refractivity contribution in [2.45, 2.75) is 0 Å². The molecule has 10 heteroatoms. The summed E-state index contributed by atoms with van der Waals surface area (Å²) in [4.78, 5) is 7.75. The number of ether oxygens (including phenoxy) is 2. The molecule has 34 heavy (non-hydrogen) atoms. The summed E-state index contributed by atoms with van der Waals surface area (Å²) in [6, 6.07) is 16.2. The van der Waals surface area contributed by atoms with Gasteiger partial charge in [-0.25, -0.2) is 8.78 Å². The Labute approximate surface area is 210 Å². The second-order valence-electron chi connectivity index (χ2n) is 6.52. The summed E-state index contributed by atoms with van der Waals surface area (Å²) >= 11 is 2.24. The molecule has 2 aromatic heterocycles. The van der Waals surface area contributed by atoms with Gasteiger partial charge in [0.2, 0.25) is 0 Å². The van der Waals surface area contributed by atoms with E-state index in [1.165, 1.54) is 36.0 Å². The zero-order chi connectivity index (χ0) is 24.9. The molecule has 2 heterocycles. The van der Waals surface area contributed by atoms with E-state index in [1.54, 1.807) is 30.9 Å². The molecule has 0 saturated carbocycles. The monoisotopic (exact) mass is 578 g/mol. The van der Waals surface area contributed by atoms with Crippen LogP contribution >= 0.6 is 22.6 Å². The highest BCUT2D eigenvalue weighted by atomic mass is 127. The zero-order valence-electron chi connectivity index (χ0n) is 18.4. The molecule has 2 aromatic carbocycles. The predicted molar refractivity (Wildman–Crippen MR) is 136 cm³/mol. The van der Waals surface area contributed by atoms with Crippen molar-refractivity contribution in [3.05, 3.63) is 101 Å². The smallest absolute Gasteiger partial charge is 0.488 e. The SMILES string of the molecule is COc1ccc(-c2ccncc2)cc1F.COc1ccc(B(O)O)cc1F.Ic1ccncc1. The molecule has 4 aromatic rings. The molecule has 176 valence electrons. The maximum Gasteiger partial charge on any atom is 0.488 e. The van der Waals surface area contributed by atoms with Gasteiger partial charge in [0.1, 0.15) is 0 Å². The molecule has 2 N–H and O–H groups in total. The standard InChI is InChI=1S/C12H10FNO.C7H8BFO3.C5H4IN/c1-15-12-3-2-10(8-11(12)13)9-4-6-14-7-5-9;1-12-7-3-2-5(8(10)11)4-6(7)9;6-5-1-3-7-4-2-5/h2-8H,1H3;2-4,10-11H,1H3;1-4H. The van der Waals surface area contributed by atoms with Crippen LogP contribution in [0, 0.1) is 15.2 Å². The fourth-order valence-electron chi connectivity index (χ4n) is 2.57. The van der Waals surface area contributed by atoms with Crippen LogP contribution in [0.15, 0.2) is 85.5 Å². The summed E-state index contributed by atoms with van der Waals surface area (Å²) in [6.45, 7) is 0. The number of benzene rings is 2. The summed E-state index contributed by atoms with van der Waals surface area (Å²) in [5.74, 6) is -0.623. The lowest BCUT2D eigenvalue weighted by atomic mass is 9.80. The molecule has 0 bridgehead atoms. The Balaban J connectivity index is 0.000000192. The van der Waals surface area contributed by atoms with Crippen LogP contribution in [0.5, 0.6) is 11.5 Å². The van der Waals surface area contributed by atoms with Crippen molar-refractivity contribution in [2.75, 3.05) is 14.2 Å². The van der Waals surface area contributed by atoms with Crippen molar-refractivity contribution in [3.63, 3.8) is 0 Å². The minimum Gasteiger partial charge on any atom is -0.494 e. The van der Waals surface area contributed by atoms with Gasteiger partial charge < -0.3 is 19.5 Å². The summed E-state index contributed by atoms with van der Waals surface area (Å²) in [5.41, 5.74) is 1.86. The first-order chi connectivity index (χ1) is 16.3. The average molecular weight is 578 g/mol. The van der Waals surface area contributed by atoms with Crippen LogP contribution in [0.2, 0.25) is 0 Å². The van der Waals surface area contributed by atoms with Crippen LogP contribution in [-0.2, 0) is 0 Å². The number of aromatic nitrogens is 2. The van der Waals surface area contributed by atoms with Gasteiger partial charge in [0, 0.05) is 28.4 Å². The van der Waals surface area contributed by atoms with E-state index in [0.717, 1.165) is 17.2 Å². The summed E-state index contributed by atoms with van der Waals surface area (Å²) in [7, 11) is 1.14. The normalized spacial score (nSPS) is 9.62. The van der Waals surface area contributed by atoms with Gasteiger partial charge >= 0.3 is 7.12 Å². The number of nitrogens with zero attached hydrogens (tertiary/aromatic N) is 2. The van der Waals surface area contributed by atoms with Gasteiger partial charge in [0.05, 0.1) is 14.2 Å². The van der Waals surface area contributed by atoms with Crippen LogP contribution in [0.1, 0.15) is 0 Å². The predicted octanol–water partition coefficient (Wildman–Crippen LogP) is 4.10. The molecule has 0 amide bonds. The van der Waals surface area contributed by atoms with Gasteiger partial charge in [0.25, 0.3) is 0 Å². The minimum atomic E-state index is -1.65. The second kappa shape index (κ2) is 14.2. The maximum atomic E-state index is 13.4. The van der Waals surface area contributed by atoms with Crippen LogP contribution in [0.4, 0.5) is 8.78 Å². The number of rotatable bonds is 4. The van der Waals surface area contributed by atoms with Gasteiger partial charge in [-0.3, -0.25) is 9.97 Å². The molecule has 0 fully saturated rings. The maximum absolute atomic E-state index is 13.4. The van der Waals surface area contributed by atoms with Crippen molar-refractivity contribution in [3.8, 4) is 22.6 Å². The van der Waals surface area contributed by atoms with E-state index in [1.807, 2.05) is 30.3 Å². The number of pyridine rings is 2. The quantitative estimate of drug-likeness (QED) is 0.281. The van der Waals surface area contributed by atoms with E-state index < -0.39 is 12.9 Å². The lowest BCUT2D eigenvalue weighted by Gasteiger charge is -2.04. The topological polar surface area (TPSA) is 84.7 Å². The number of halogens is 3. The molecular weight excluding hydrogens is 556 g/mol. The molecule has 4 rings (SSSR count). The van der Waals surface area contributed by atoms with E-state index in [-0.39, 0.29) is 22.8 Å². The van der Waals surface area contributed by atoms with E-state index in [0.29, 0.717) is 0 Å². The fourth-order valence-corrected chi connectivity index (χ4v) is 2.89. The summed E-state index contributed by atoms with van der Waals surface area (Å²) < 4.78 is 37.0. The number of methoxy groups -OCH3 is 2.